The summed E-state index contributed by atoms with van der Waals surface area (Å²) in [6.45, 7) is 16.3. The maximum absolute atomic E-state index is 14.8. The van der Waals surface area contributed by atoms with E-state index in [0.29, 0.717) is 12.1 Å². The van der Waals surface area contributed by atoms with Crippen LogP contribution in [0.2, 0.25) is 0 Å². The van der Waals surface area contributed by atoms with Crippen LogP contribution in [0.15, 0.2) is 48.5 Å². The number of halogens is 9. The minimum Gasteiger partial charge on any atom is -0.329 e. The van der Waals surface area contributed by atoms with Crippen LogP contribution < -0.4 is 11.0 Å². The SMILES string of the molecule is [C-]#[N+]C([N+]#[C-])=c1nc2cc3c(-c4ccc(C(F)(F)F)cc4C)c4c(cc3c(-c3ccc(C(F)(F)F)cc3C(F)(F)F)c2n1C)nc(=C(C#N)C#N)n4C. The number of hydrogen-bond acceptors (Lipinski definition) is 4. The molecule has 0 fully saturated rings. The Balaban J connectivity index is 1.98. The Labute approximate surface area is 291 Å². The highest BCUT2D eigenvalue weighted by Crippen LogP contribution is 2.48. The first kappa shape index (κ1) is 36.0. The van der Waals surface area contributed by atoms with Gasteiger partial charge in [0.05, 0.1) is 38.8 Å². The number of rotatable bonds is 2. The van der Waals surface area contributed by atoms with Gasteiger partial charge in [0.25, 0.3) is 0 Å². The molecule has 0 saturated heterocycles. The molecule has 17 heteroatoms. The van der Waals surface area contributed by atoms with Gasteiger partial charge >= 0.3 is 24.3 Å². The highest BCUT2D eigenvalue weighted by molar-refractivity contribution is 6.20. The van der Waals surface area contributed by atoms with Crippen LogP contribution in [-0.4, -0.2) is 19.1 Å². The third-order valence-electron chi connectivity index (χ3n) is 8.71. The van der Waals surface area contributed by atoms with Gasteiger partial charge in [-0.1, -0.05) is 12.1 Å². The van der Waals surface area contributed by atoms with Gasteiger partial charge < -0.3 is 9.13 Å². The van der Waals surface area contributed by atoms with E-state index in [1.165, 1.54) is 37.7 Å². The van der Waals surface area contributed by atoms with E-state index in [4.69, 9.17) is 13.1 Å². The van der Waals surface area contributed by atoms with E-state index < -0.39 is 52.2 Å². The van der Waals surface area contributed by atoms with Gasteiger partial charge in [-0.3, -0.25) is 0 Å². The lowest BCUT2D eigenvalue weighted by molar-refractivity contribution is -0.143. The van der Waals surface area contributed by atoms with Crippen molar-refractivity contribution in [2.75, 3.05) is 0 Å². The number of aromatic nitrogens is 4. The summed E-state index contributed by atoms with van der Waals surface area (Å²) in [5.41, 5.74) is -6.23. The number of aryl methyl sites for hydroxylation is 3. The van der Waals surface area contributed by atoms with Gasteiger partial charge in [-0.25, -0.2) is 9.97 Å². The zero-order valence-corrected chi connectivity index (χ0v) is 27.1. The fourth-order valence-electron chi connectivity index (χ4n) is 6.44. The molecule has 4 aromatic carbocycles. The van der Waals surface area contributed by atoms with E-state index in [9.17, 15) is 50.0 Å². The second kappa shape index (κ2) is 12.1. The Morgan fingerprint density at radius 3 is 1.57 bits per heavy atom. The van der Waals surface area contributed by atoms with Crippen LogP contribution in [0.25, 0.3) is 76.2 Å². The van der Waals surface area contributed by atoms with Gasteiger partial charge in [0.2, 0.25) is 5.48 Å². The van der Waals surface area contributed by atoms with Crippen LogP contribution in [0.4, 0.5) is 39.5 Å². The van der Waals surface area contributed by atoms with Crippen molar-refractivity contribution < 1.29 is 39.5 Å². The summed E-state index contributed by atoms with van der Waals surface area (Å²) in [4.78, 5) is 15.1. The Morgan fingerprint density at radius 2 is 1.11 bits per heavy atom. The van der Waals surface area contributed by atoms with Crippen molar-refractivity contribution in [3.05, 3.63) is 105 Å². The minimum absolute atomic E-state index is 0.0367. The Kier molecular flexibility index (Phi) is 8.24. The van der Waals surface area contributed by atoms with Gasteiger partial charge in [-0.15, -0.1) is 0 Å². The molecule has 0 saturated carbocycles. The van der Waals surface area contributed by atoms with Gasteiger partial charge in [0, 0.05) is 25.2 Å². The van der Waals surface area contributed by atoms with Gasteiger partial charge in [-0.05, 0) is 70.8 Å². The van der Waals surface area contributed by atoms with E-state index in [1.54, 1.807) is 12.1 Å². The van der Waals surface area contributed by atoms with Crippen molar-refractivity contribution in [2.45, 2.75) is 25.5 Å². The zero-order valence-electron chi connectivity index (χ0n) is 27.1. The van der Waals surface area contributed by atoms with E-state index in [1.807, 2.05) is 0 Å². The molecular weight excluding hydrogens is 715 g/mol. The average molecular weight is 733 g/mol. The van der Waals surface area contributed by atoms with Crippen molar-refractivity contribution >= 4 is 44.2 Å². The standard InChI is InChI=1S/C36H17F9N8/c1-16-10-18(34(37,38)39)6-8-20(16)27-22-12-26-30(53(5)33(51-26)31(48-2)49-3)28(21-9-7-19(35(40,41)42)11-24(21)36(43,44)45)23(22)13-25-29(27)52(4)32(50-25)17(14-46)15-47/h6-13H,1,4-5H3. The van der Waals surface area contributed by atoms with Crippen molar-refractivity contribution in [1.82, 2.24) is 19.1 Å². The molecule has 0 spiro atoms. The summed E-state index contributed by atoms with van der Waals surface area (Å²) in [7, 11) is 2.71. The second-order valence-corrected chi connectivity index (χ2v) is 11.8. The zero-order chi connectivity index (χ0) is 38.9. The molecule has 0 unspecified atom stereocenters. The Bertz CT molecular complexity index is 2850. The molecule has 2 heterocycles. The van der Waals surface area contributed by atoms with Crippen LogP contribution in [-0.2, 0) is 32.6 Å². The third kappa shape index (κ3) is 5.73. The number of fused-ring (bicyclic) bond motifs is 3. The molecule has 0 radical (unpaired) electrons. The maximum Gasteiger partial charge on any atom is 0.562 e. The van der Waals surface area contributed by atoms with Crippen LogP contribution in [0.3, 0.4) is 0 Å². The van der Waals surface area contributed by atoms with Crippen molar-refractivity contribution in [1.29, 1.82) is 10.5 Å². The predicted octanol–water partition coefficient (Wildman–Crippen LogP) is 8.41. The topological polar surface area (TPSA) is 91.9 Å². The molecule has 0 bridgehead atoms. The molecule has 0 amide bonds. The van der Waals surface area contributed by atoms with Gasteiger partial charge in [-0.2, -0.15) is 59.7 Å². The second-order valence-electron chi connectivity index (χ2n) is 11.8. The third-order valence-corrected chi connectivity index (χ3v) is 8.71. The minimum atomic E-state index is -5.37. The first-order chi connectivity index (χ1) is 24.8. The largest absolute Gasteiger partial charge is 0.562 e. The summed E-state index contributed by atoms with van der Waals surface area (Å²) in [5, 5.41) is 19.3. The fourth-order valence-corrected chi connectivity index (χ4v) is 6.44. The summed E-state index contributed by atoms with van der Waals surface area (Å²) in [6, 6.07) is 9.89. The number of imidazole rings is 2. The molecule has 2 aromatic heterocycles. The molecule has 264 valence electrons. The van der Waals surface area contributed by atoms with E-state index in [2.05, 4.69) is 19.7 Å². The van der Waals surface area contributed by atoms with Crippen LogP contribution in [0, 0.1) is 42.7 Å². The van der Waals surface area contributed by atoms with Crippen molar-refractivity contribution in [3.8, 4) is 34.4 Å². The van der Waals surface area contributed by atoms with Crippen LogP contribution in [0.1, 0.15) is 22.3 Å². The van der Waals surface area contributed by atoms with Gasteiger partial charge in [0.15, 0.2) is 11.1 Å². The highest BCUT2D eigenvalue weighted by atomic mass is 19.4. The normalized spacial score (nSPS) is 12.1. The van der Waals surface area contributed by atoms with Gasteiger partial charge in [0.1, 0.15) is 25.3 Å². The lowest BCUT2D eigenvalue weighted by atomic mass is 9.87. The number of benzene rings is 4. The summed E-state index contributed by atoms with van der Waals surface area (Å²) in [6.07, 6.45) is -15.3. The van der Waals surface area contributed by atoms with E-state index in [-0.39, 0.29) is 72.1 Å². The number of nitriles is 2. The highest BCUT2D eigenvalue weighted by Gasteiger charge is 2.40. The lowest BCUT2D eigenvalue weighted by Crippen LogP contribution is -2.18. The lowest BCUT2D eigenvalue weighted by Gasteiger charge is -2.20. The predicted molar refractivity (Wildman–Crippen MR) is 174 cm³/mol. The molecule has 0 atom stereocenters. The van der Waals surface area contributed by atoms with Crippen LogP contribution in [0.5, 0.6) is 0 Å². The molecule has 6 aromatic rings. The molecule has 0 aliphatic carbocycles. The van der Waals surface area contributed by atoms with Crippen LogP contribution >= 0.6 is 0 Å². The summed E-state index contributed by atoms with van der Waals surface area (Å²) < 4.78 is 130. The average Bonchev–Trinajstić information content (AvgIpc) is 3.58. The maximum atomic E-state index is 14.8. The molecular formula is C36H17F9N8. The number of nitrogens with zero attached hydrogens (tertiary/aromatic N) is 8. The Hall–Kier alpha value is -6.85. The van der Waals surface area contributed by atoms with E-state index >= 15 is 0 Å². The number of hydrogen-bond donors (Lipinski definition) is 0. The van der Waals surface area contributed by atoms with E-state index in [0.717, 1.165) is 22.8 Å². The molecule has 0 aliphatic rings. The molecule has 0 aliphatic heterocycles. The molecule has 8 nitrogen and oxygen atoms in total. The molecule has 0 N–H and O–H groups in total. The first-order valence-corrected chi connectivity index (χ1v) is 14.9. The van der Waals surface area contributed by atoms with Crippen molar-refractivity contribution in [3.63, 3.8) is 0 Å². The fraction of sp³-hybridized carbons (Fsp3) is 0.167. The number of alkyl halides is 9. The molecule has 53 heavy (non-hydrogen) atoms. The smallest absolute Gasteiger partial charge is 0.329 e. The first-order valence-electron chi connectivity index (χ1n) is 14.9. The summed E-state index contributed by atoms with van der Waals surface area (Å²) in [5.74, 6) is -0.575. The monoisotopic (exact) mass is 732 g/mol. The molecule has 6 rings (SSSR count). The van der Waals surface area contributed by atoms with Crippen molar-refractivity contribution in [2.24, 2.45) is 14.1 Å². The summed E-state index contributed by atoms with van der Waals surface area (Å²) >= 11 is 0. The quantitative estimate of drug-likeness (QED) is 0.132. The Morgan fingerprint density at radius 1 is 0.660 bits per heavy atom.